The molecule has 0 aliphatic rings. The van der Waals surface area contributed by atoms with Crippen LogP contribution in [0.5, 0.6) is 0 Å². The van der Waals surface area contributed by atoms with E-state index in [0.29, 0.717) is 5.70 Å². The van der Waals surface area contributed by atoms with Crippen molar-refractivity contribution in [2.75, 3.05) is 0 Å². The van der Waals surface area contributed by atoms with E-state index in [1.54, 1.807) is 6.92 Å². The third-order valence-electron chi connectivity index (χ3n) is 0.484. The minimum atomic E-state index is -1.23. The fraction of sp³-hybridized carbons (Fsp3) is 0.200. The molecule has 0 bridgehead atoms. The van der Waals surface area contributed by atoms with Gasteiger partial charge >= 0.3 is 0 Å². The number of rotatable bonds is 1. The lowest BCUT2D eigenvalue weighted by atomic mass is 10.4. The minimum Gasteiger partial charge on any atom is -0.486 e. The maximum atomic E-state index is 11.4. The maximum Gasteiger partial charge on any atom is 0.270 e. The molecule has 0 saturated carbocycles. The molecule has 8 heavy (non-hydrogen) atoms. The first kappa shape index (κ1) is 7.01. The summed E-state index contributed by atoms with van der Waals surface area (Å²) in [6.07, 6.45) is 2.16. The average Bonchev–Trinajstić information content (AvgIpc) is 1.61. The molecule has 0 aromatic rings. The Bertz CT molecular complexity index is 104. The van der Waals surface area contributed by atoms with E-state index in [9.17, 15) is 4.39 Å². The van der Waals surface area contributed by atoms with Crippen LogP contribution in [0.4, 0.5) is 4.39 Å². The average molecular weight is 117 g/mol. The Hall–Kier alpha value is -0.990. The van der Waals surface area contributed by atoms with E-state index in [1.165, 1.54) is 6.08 Å². The van der Waals surface area contributed by atoms with Crippen molar-refractivity contribution in [2.45, 2.75) is 6.92 Å². The van der Waals surface area contributed by atoms with Crippen molar-refractivity contribution >= 4 is 0 Å². The predicted octanol–water partition coefficient (Wildman–Crippen LogP) is 1.22. The summed E-state index contributed by atoms with van der Waals surface area (Å²) in [5.74, 6) is 0. The van der Waals surface area contributed by atoms with Gasteiger partial charge in [0.25, 0.3) is 6.01 Å². The Kier molecular flexibility index (Phi) is 2.69. The molecular weight excluding hydrogens is 109 g/mol. The Morgan fingerprint density at radius 1 is 1.62 bits per heavy atom. The lowest BCUT2D eigenvalue weighted by molar-refractivity contribution is 0.283. The lowest BCUT2D eigenvalue weighted by Gasteiger charge is -1.81. The highest BCUT2D eigenvalue weighted by Crippen LogP contribution is 1.89. The van der Waals surface area contributed by atoms with Crippen LogP contribution in [0.15, 0.2) is 23.9 Å². The zero-order valence-corrected chi connectivity index (χ0v) is 4.56. The number of nitrogens with two attached hydrogens (primary N) is 1. The predicted molar refractivity (Wildman–Crippen MR) is 29.8 cm³/mol. The van der Waals surface area contributed by atoms with Crippen LogP contribution in [0.2, 0.25) is 0 Å². The summed E-state index contributed by atoms with van der Waals surface area (Å²) >= 11 is 0. The number of hydrogen-bond donors (Lipinski definition) is 2. The Balaban J connectivity index is 3.76. The van der Waals surface area contributed by atoms with Gasteiger partial charge in [-0.3, -0.25) is 0 Å². The number of halogens is 1. The second-order valence-corrected chi connectivity index (χ2v) is 1.40. The fourth-order valence-electron chi connectivity index (χ4n) is 0.200. The fourth-order valence-corrected chi connectivity index (χ4v) is 0.200. The summed E-state index contributed by atoms with van der Waals surface area (Å²) < 4.78 is 11.4. The van der Waals surface area contributed by atoms with E-state index in [-0.39, 0.29) is 0 Å². The van der Waals surface area contributed by atoms with Crippen LogP contribution in [0.25, 0.3) is 0 Å². The van der Waals surface area contributed by atoms with Gasteiger partial charge in [-0.1, -0.05) is 0 Å². The first-order valence-corrected chi connectivity index (χ1v) is 2.11. The highest BCUT2D eigenvalue weighted by atomic mass is 19.1. The van der Waals surface area contributed by atoms with Gasteiger partial charge in [-0.25, -0.2) is 0 Å². The van der Waals surface area contributed by atoms with Crippen molar-refractivity contribution < 1.29 is 9.50 Å². The summed E-state index contributed by atoms with van der Waals surface area (Å²) in [5, 5.41) is 7.90. The van der Waals surface area contributed by atoms with Gasteiger partial charge in [-0.15, -0.1) is 0 Å². The quantitative estimate of drug-likeness (QED) is 0.400. The summed E-state index contributed by atoms with van der Waals surface area (Å²) in [6, 6.07) is -1.23. The Morgan fingerprint density at radius 2 is 2.12 bits per heavy atom. The van der Waals surface area contributed by atoms with Gasteiger partial charge < -0.3 is 10.8 Å². The van der Waals surface area contributed by atoms with Gasteiger partial charge in [-0.05, 0) is 13.0 Å². The molecule has 0 rings (SSSR count). The van der Waals surface area contributed by atoms with E-state index in [4.69, 9.17) is 10.8 Å². The standard InChI is InChI=1S/C5H8FNO/c1-4(7)2-3-5(6)8/h2-3,8H,7H2,1H3/b4-2+,5-3-. The van der Waals surface area contributed by atoms with Crippen LogP contribution >= 0.6 is 0 Å². The maximum absolute atomic E-state index is 11.4. The van der Waals surface area contributed by atoms with Crippen LogP contribution in [0.1, 0.15) is 6.92 Å². The molecule has 2 nitrogen and oxygen atoms in total. The molecule has 0 radical (unpaired) electrons. The van der Waals surface area contributed by atoms with E-state index < -0.39 is 6.01 Å². The van der Waals surface area contributed by atoms with Crippen molar-refractivity contribution in [2.24, 2.45) is 5.73 Å². The zero-order chi connectivity index (χ0) is 6.57. The summed E-state index contributed by atoms with van der Waals surface area (Å²) in [4.78, 5) is 0. The number of aliphatic hydroxyl groups is 1. The van der Waals surface area contributed by atoms with Crippen molar-refractivity contribution in [1.82, 2.24) is 0 Å². The first-order chi connectivity index (χ1) is 3.63. The van der Waals surface area contributed by atoms with Crippen molar-refractivity contribution in [3.05, 3.63) is 23.9 Å². The molecule has 3 heteroatoms. The van der Waals surface area contributed by atoms with Gasteiger partial charge in [0.2, 0.25) is 0 Å². The van der Waals surface area contributed by atoms with Crippen LogP contribution < -0.4 is 5.73 Å². The SMILES string of the molecule is C/C(N)=C\C=C(/O)F. The number of hydrogen-bond acceptors (Lipinski definition) is 2. The number of allylic oxidation sites excluding steroid dienone is 3. The number of aliphatic hydroxyl groups excluding tert-OH is 1. The molecular formula is C5H8FNO. The highest BCUT2D eigenvalue weighted by Gasteiger charge is 1.78. The Morgan fingerprint density at radius 3 is 2.25 bits per heavy atom. The van der Waals surface area contributed by atoms with Gasteiger partial charge in [0.05, 0.1) is 0 Å². The van der Waals surface area contributed by atoms with Gasteiger partial charge in [0.15, 0.2) is 0 Å². The molecule has 46 valence electrons. The van der Waals surface area contributed by atoms with Crippen LogP contribution in [-0.2, 0) is 0 Å². The molecule has 0 saturated heterocycles. The molecule has 0 aromatic carbocycles. The smallest absolute Gasteiger partial charge is 0.270 e. The largest absolute Gasteiger partial charge is 0.486 e. The normalized spacial score (nSPS) is 14.2. The van der Waals surface area contributed by atoms with Crippen LogP contribution in [0, 0.1) is 0 Å². The molecule has 0 fully saturated rings. The third-order valence-corrected chi connectivity index (χ3v) is 0.484. The molecule has 0 heterocycles. The van der Waals surface area contributed by atoms with Crippen molar-refractivity contribution in [3.8, 4) is 0 Å². The van der Waals surface area contributed by atoms with Crippen LogP contribution in [0.3, 0.4) is 0 Å². The molecule has 0 aliphatic heterocycles. The molecule has 0 aromatic heterocycles. The van der Waals surface area contributed by atoms with Crippen molar-refractivity contribution in [1.29, 1.82) is 0 Å². The molecule has 3 N–H and O–H groups in total. The summed E-state index contributed by atoms with van der Waals surface area (Å²) in [5.41, 5.74) is 5.53. The first-order valence-electron chi connectivity index (χ1n) is 2.11. The van der Waals surface area contributed by atoms with Crippen LogP contribution in [-0.4, -0.2) is 5.11 Å². The molecule has 0 spiro atoms. The van der Waals surface area contributed by atoms with E-state index in [2.05, 4.69) is 0 Å². The molecule has 0 aliphatic carbocycles. The minimum absolute atomic E-state index is 0.453. The second-order valence-electron chi connectivity index (χ2n) is 1.40. The topological polar surface area (TPSA) is 46.2 Å². The molecule has 0 unspecified atom stereocenters. The molecule has 0 amide bonds. The molecule has 0 atom stereocenters. The third kappa shape index (κ3) is 5.01. The Labute approximate surface area is 47.1 Å². The van der Waals surface area contributed by atoms with Gasteiger partial charge in [0, 0.05) is 11.8 Å². The monoisotopic (exact) mass is 117 g/mol. The second kappa shape index (κ2) is 3.07. The zero-order valence-electron chi connectivity index (χ0n) is 4.56. The van der Waals surface area contributed by atoms with Crippen molar-refractivity contribution in [3.63, 3.8) is 0 Å². The van der Waals surface area contributed by atoms with E-state index in [0.717, 1.165) is 6.08 Å². The van der Waals surface area contributed by atoms with Gasteiger partial charge in [0.1, 0.15) is 0 Å². The van der Waals surface area contributed by atoms with E-state index in [1.807, 2.05) is 0 Å². The highest BCUT2D eigenvalue weighted by molar-refractivity contribution is 5.07. The van der Waals surface area contributed by atoms with E-state index >= 15 is 0 Å². The summed E-state index contributed by atoms with van der Waals surface area (Å²) in [6.45, 7) is 1.60. The summed E-state index contributed by atoms with van der Waals surface area (Å²) in [7, 11) is 0. The lowest BCUT2D eigenvalue weighted by Crippen LogP contribution is -1.87. The van der Waals surface area contributed by atoms with Gasteiger partial charge in [-0.2, -0.15) is 4.39 Å².